The highest BCUT2D eigenvalue weighted by Crippen LogP contribution is 2.39. The quantitative estimate of drug-likeness (QED) is 0.565. The van der Waals surface area contributed by atoms with Crippen molar-refractivity contribution in [3.63, 3.8) is 0 Å². The van der Waals surface area contributed by atoms with E-state index in [2.05, 4.69) is 0 Å². The van der Waals surface area contributed by atoms with Crippen LogP contribution in [0, 0.1) is 21.4 Å². The zero-order valence-corrected chi connectivity index (χ0v) is 12.4. The van der Waals surface area contributed by atoms with Crippen molar-refractivity contribution in [2.75, 3.05) is 0 Å². The Labute approximate surface area is 134 Å². The summed E-state index contributed by atoms with van der Waals surface area (Å²) in [7, 11) is 0. The highest BCUT2D eigenvalue weighted by molar-refractivity contribution is 6.40. The van der Waals surface area contributed by atoms with Crippen molar-refractivity contribution >= 4 is 40.5 Å². The maximum Gasteiger partial charge on any atom is 0.271 e. The van der Waals surface area contributed by atoms with Crippen LogP contribution in [0.4, 0.5) is 5.69 Å². The van der Waals surface area contributed by atoms with Gasteiger partial charge in [-0.25, -0.2) is 0 Å². The van der Waals surface area contributed by atoms with Crippen LogP contribution in [0.15, 0.2) is 30.3 Å². The molecule has 106 valence electrons. The number of nitro groups is 1. The van der Waals surface area contributed by atoms with Crippen molar-refractivity contribution in [2.45, 2.75) is 0 Å². The van der Waals surface area contributed by atoms with E-state index in [0.717, 1.165) is 6.07 Å². The van der Waals surface area contributed by atoms with Crippen LogP contribution < -0.4 is 4.74 Å². The summed E-state index contributed by atoms with van der Waals surface area (Å²) >= 11 is 17.7. The van der Waals surface area contributed by atoms with Gasteiger partial charge in [0.2, 0.25) is 0 Å². The first-order chi connectivity index (χ1) is 9.92. The normalized spacial score (nSPS) is 10.0. The molecule has 21 heavy (non-hydrogen) atoms. The number of halogens is 3. The summed E-state index contributed by atoms with van der Waals surface area (Å²) in [6, 6.07) is 8.31. The molecule has 0 radical (unpaired) electrons. The summed E-state index contributed by atoms with van der Waals surface area (Å²) in [5.41, 5.74) is -0.224. The minimum absolute atomic E-state index is 0.00807. The third kappa shape index (κ3) is 3.37. The molecule has 8 heteroatoms. The van der Waals surface area contributed by atoms with Gasteiger partial charge in [-0.15, -0.1) is 0 Å². The molecule has 2 aromatic carbocycles. The van der Waals surface area contributed by atoms with Gasteiger partial charge in [0.1, 0.15) is 17.4 Å². The second kappa shape index (κ2) is 6.19. The van der Waals surface area contributed by atoms with Gasteiger partial charge in [0.25, 0.3) is 5.69 Å². The van der Waals surface area contributed by atoms with Crippen LogP contribution in [0.25, 0.3) is 0 Å². The summed E-state index contributed by atoms with van der Waals surface area (Å²) < 4.78 is 5.48. The van der Waals surface area contributed by atoms with Crippen molar-refractivity contribution < 1.29 is 9.66 Å². The molecule has 0 bridgehead atoms. The molecule has 0 saturated heterocycles. The molecule has 0 amide bonds. The number of nitriles is 1. The Morgan fingerprint density at radius 1 is 1.14 bits per heavy atom. The maximum atomic E-state index is 10.7. The lowest BCUT2D eigenvalue weighted by molar-refractivity contribution is -0.384. The average Bonchev–Trinajstić information content (AvgIpc) is 2.42. The van der Waals surface area contributed by atoms with Crippen LogP contribution in [0.5, 0.6) is 11.5 Å². The minimum Gasteiger partial charge on any atom is -0.453 e. The third-order valence-corrected chi connectivity index (χ3v) is 3.25. The molecule has 0 unspecified atom stereocenters. The van der Waals surface area contributed by atoms with Crippen molar-refractivity contribution in [3.05, 3.63) is 61.1 Å². The van der Waals surface area contributed by atoms with Crippen LogP contribution >= 0.6 is 34.8 Å². The maximum absolute atomic E-state index is 10.7. The number of hydrogen-bond donors (Lipinski definition) is 0. The SMILES string of the molecule is N#Cc1cc([N+](=O)[O-])ccc1Oc1c(Cl)cc(Cl)cc1Cl. The monoisotopic (exact) mass is 342 g/mol. The molecule has 0 aliphatic rings. The van der Waals surface area contributed by atoms with Gasteiger partial charge in [-0.2, -0.15) is 5.26 Å². The molecule has 0 aliphatic heterocycles. The summed E-state index contributed by atoms with van der Waals surface area (Å²) in [5, 5.41) is 20.4. The van der Waals surface area contributed by atoms with Gasteiger partial charge >= 0.3 is 0 Å². The van der Waals surface area contributed by atoms with Crippen LogP contribution in [-0.4, -0.2) is 4.92 Å². The minimum atomic E-state index is -0.604. The number of benzene rings is 2. The summed E-state index contributed by atoms with van der Waals surface area (Å²) in [4.78, 5) is 10.1. The molecule has 0 atom stereocenters. The lowest BCUT2D eigenvalue weighted by atomic mass is 10.2. The van der Waals surface area contributed by atoms with E-state index >= 15 is 0 Å². The fourth-order valence-electron chi connectivity index (χ4n) is 1.54. The van der Waals surface area contributed by atoms with Gasteiger partial charge in [-0.05, 0) is 18.2 Å². The van der Waals surface area contributed by atoms with Crippen LogP contribution in [0.3, 0.4) is 0 Å². The van der Waals surface area contributed by atoms with Gasteiger partial charge in [-0.3, -0.25) is 10.1 Å². The highest BCUT2D eigenvalue weighted by atomic mass is 35.5. The fraction of sp³-hybridized carbons (Fsp3) is 0. The van der Waals surface area contributed by atoms with E-state index in [1.807, 2.05) is 6.07 Å². The fourth-order valence-corrected chi connectivity index (χ4v) is 2.44. The van der Waals surface area contributed by atoms with Gasteiger partial charge in [0, 0.05) is 17.2 Å². The number of rotatable bonds is 3. The molecule has 0 aromatic heterocycles. The van der Waals surface area contributed by atoms with Gasteiger partial charge < -0.3 is 4.74 Å². The topological polar surface area (TPSA) is 76.2 Å². The standard InChI is InChI=1S/C13H5Cl3N2O3/c14-8-4-10(15)13(11(16)5-8)21-12-2-1-9(18(19)20)3-7(12)6-17/h1-5H. The molecular formula is C13H5Cl3N2O3. The second-order valence-corrected chi connectivity index (χ2v) is 5.10. The van der Waals surface area contributed by atoms with Crippen LogP contribution in [-0.2, 0) is 0 Å². The predicted octanol–water partition coefficient (Wildman–Crippen LogP) is 5.22. The highest BCUT2D eigenvalue weighted by Gasteiger charge is 2.15. The first kappa shape index (κ1) is 15.4. The molecule has 0 saturated carbocycles. The largest absolute Gasteiger partial charge is 0.453 e. The smallest absolute Gasteiger partial charge is 0.271 e. The molecule has 0 fully saturated rings. The zero-order valence-electron chi connectivity index (χ0n) is 10.1. The molecule has 5 nitrogen and oxygen atoms in total. The molecule has 2 rings (SSSR count). The van der Waals surface area contributed by atoms with E-state index in [1.165, 1.54) is 24.3 Å². The second-order valence-electron chi connectivity index (χ2n) is 3.85. The van der Waals surface area contributed by atoms with Crippen LogP contribution in [0.1, 0.15) is 5.56 Å². The summed E-state index contributed by atoms with van der Waals surface area (Å²) in [6.07, 6.45) is 0. The number of nitro benzene ring substituents is 1. The summed E-state index contributed by atoms with van der Waals surface area (Å²) in [6.45, 7) is 0. The van der Waals surface area contributed by atoms with Gasteiger partial charge in [-0.1, -0.05) is 34.8 Å². The molecule has 0 heterocycles. The first-order valence-electron chi connectivity index (χ1n) is 5.43. The number of ether oxygens (including phenoxy) is 1. The van der Waals surface area contributed by atoms with Gasteiger partial charge in [0.15, 0.2) is 5.75 Å². The van der Waals surface area contributed by atoms with E-state index in [0.29, 0.717) is 5.02 Å². The Hall–Kier alpha value is -2.00. The average molecular weight is 344 g/mol. The Morgan fingerprint density at radius 2 is 1.76 bits per heavy atom. The predicted molar refractivity (Wildman–Crippen MR) is 79.4 cm³/mol. The van der Waals surface area contributed by atoms with E-state index in [1.54, 1.807) is 0 Å². The summed E-state index contributed by atoms with van der Waals surface area (Å²) in [5.74, 6) is 0.224. The number of hydrogen-bond acceptors (Lipinski definition) is 4. The van der Waals surface area contributed by atoms with E-state index < -0.39 is 4.92 Å². The first-order valence-corrected chi connectivity index (χ1v) is 6.56. The molecular weight excluding hydrogens is 339 g/mol. The lowest BCUT2D eigenvalue weighted by Gasteiger charge is -2.11. The third-order valence-electron chi connectivity index (χ3n) is 2.47. The molecule has 2 aromatic rings. The lowest BCUT2D eigenvalue weighted by Crippen LogP contribution is -1.93. The Bertz CT molecular complexity index is 749. The van der Waals surface area contributed by atoms with Crippen molar-refractivity contribution in [3.8, 4) is 17.6 Å². The van der Waals surface area contributed by atoms with E-state index in [4.69, 9.17) is 44.8 Å². The zero-order chi connectivity index (χ0) is 15.6. The Balaban J connectivity index is 2.46. The number of non-ortho nitro benzene ring substituents is 1. The van der Waals surface area contributed by atoms with Crippen molar-refractivity contribution in [1.29, 1.82) is 5.26 Å². The van der Waals surface area contributed by atoms with E-state index in [9.17, 15) is 10.1 Å². The van der Waals surface area contributed by atoms with E-state index in [-0.39, 0.29) is 32.8 Å². The van der Waals surface area contributed by atoms with Crippen molar-refractivity contribution in [2.24, 2.45) is 0 Å². The Kier molecular flexibility index (Phi) is 4.53. The van der Waals surface area contributed by atoms with Gasteiger partial charge in [0.05, 0.1) is 15.0 Å². The molecule has 0 N–H and O–H groups in total. The van der Waals surface area contributed by atoms with Crippen LogP contribution in [0.2, 0.25) is 15.1 Å². The van der Waals surface area contributed by atoms with Crippen molar-refractivity contribution in [1.82, 2.24) is 0 Å². The molecule has 0 spiro atoms. The Morgan fingerprint density at radius 3 is 2.29 bits per heavy atom. The number of nitrogens with zero attached hydrogens (tertiary/aromatic N) is 2. The molecule has 0 aliphatic carbocycles.